The Balaban J connectivity index is 2.22. The van der Waals surface area contributed by atoms with Gasteiger partial charge in [-0.25, -0.2) is 0 Å². The number of aliphatic hydroxyl groups excluding tert-OH is 1. The number of hydrogen-bond donors (Lipinski definition) is 3. The van der Waals surface area contributed by atoms with Gasteiger partial charge in [-0.05, 0) is 17.5 Å². The number of rotatable bonds is 8. The van der Waals surface area contributed by atoms with Gasteiger partial charge in [0.2, 0.25) is 5.91 Å². The molecule has 0 saturated heterocycles. The molecule has 1 amide bonds. The van der Waals surface area contributed by atoms with Crippen molar-refractivity contribution in [1.29, 1.82) is 0 Å². The molecule has 100 valence electrons. The number of hydrogen-bond acceptors (Lipinski definition) is 3. The first-order valence-corrected chi connectivity index (χ1v) is 6.42. The first-order chi connectivity index (χ1) is 8.76. The summed E-state index contributed by atoms with van der Waals surface area (Å²) in [5.41, 5.74) is 1.96. The number of amides is 1. The van der Waals surface area contributed by atoms with Crippen molar-refractivity contribution < 1.29 is 9.90 Å². The van der Waals surface area contributed by atoms with E-state index in [1.165, 1.54) is 0 Å². The molecule has 1 aromatic carbocycles. The molecule has 18 heavy (non-hydrogen) atoms. The minimum atomic E-state index is 0.0294. The maximum atomic E-state index is 11.4. The predicted octanol–water partition coefficient (Wildman–Crippen LogP) is 1.18. The van der Waals surface area contributed by atoms with Crippen molar-refractivity contribution >= 4 is 5.91 Å². The fraction of sp³-hybridized carbons (Fsp3) is 0.500. The SMILES string of the molecule is CCCCNC(=O)CNCc1cccc(CO)c1. The zero-order chi connectivity index (χ0) is 13.2. The predicted molar refractivity (Wildman–Crippen MR) is 72.0 cm³/mol. The second-order valence-corrected chi connectivity index (χ2v) is 4.29. The van der Waals surface area contributed by atoms with Crippen LogP contribution in [0.3, 0.4) is 0 Å². The molecule has 0 spiro atoms. The average molecular weight is 250 g/mol. The lowest BCUT2D eigenvalue weighted by atomic mass is 10.1. The summed E-state index contributed by atoms with van der Waals surface area (Å²) < 4.78 is 0. The highest BCUT2D eigenvalue weighted by Gasteiger charge is 2.00. The highest BCUT2D eigenvalue weighted by atomic mass is 16.3. The van der Waals surface area contributed by atoms with Crippen molar-refractivity contribution in [2.75, 3.05) is 13.1 Å². The molecule has 0 bridgehead atoms. The topological polar surface area (TPSA) is 61.4 Å². The molecule has 3 N–H and O–H groups in total. The lowest BCUT2D eigenvalue weighted by Gasteiger charge is -2.07. The average Bonchev–Trinajstić information content (AvgIpc) is 2.39. The van der Waals surface area contributed by atoms with Gasteiger partial charge in [0, 0.05) is 13.1 Å². The molecule has 1 rings (SSSR count). The van der Waals surface area contributed by atoms with Gasteiger partial charge in [0.25, 0.3) is 0 Å². The van der Waals surface area contributed by atoms with Crippen molar-refractivity contribution in [2.24, 2.45) is 0 Å². The van der Waals surface area contributed by atoms with Crippen LogP contribution in [0.2, 0.25) is 0 Å². The van der Waals surface area contributed by atoms with Crippen LogP contribution in [0.4, 0.5) is 0 Å². The summed E-state index contributed by atoms with van der Waals surface area (Å²) in [5.74, 6) is 0.0294. The Labute approximate surface area is 108 Å². The van der Waals surface area contributed by atoms with Gasteiger partial charge in [-0.15, -0.1) is 0 Å². The van der Waals surface area contributed by atoms with Gasteiger partial charge in [-0.3, -0.25) is 4.79 Å². The van der Waals surface area contributed by atoms with Crippen LogP contribution in [0.5, 0.6) is 0 Å². The monoisotopic (exact) mass is 250 g/mol. The van der Waals surface area contributed by atoms with Crippen LogP contribution >= 0.6 is 0 Å². The molecule has 4 nitrogen and oxygen atoms in total. The number of unbranched alkanes of at least 4 members (excludes halogenated alkanes) is 1. The van der Waals surface area contributed by atoms with Crippen molar-refractivity contribution in [3.8, 4) is 0 Å². The Morgan fingerprint density at radius 3 is 2.83 bits per heavy atom. The fourth-order valence-electron chi connectivity index (χ4n) is 1.63. The summed E-state index contributed by atoms with van der Waals surface area (Å²) in [6.07, 6.45) is 2.10. The van der Waals surface area contributed by atoms with E-state index in [-0.39, 0.29) is 12.5 Å². The standard InChI is InChI=1S/C14H22N2O2/c1-2-3-7-16-14(18)10-15-9-12-5-4-6-13(8-12)11-17/h4-6,8,15,17H,2-3,7,9-11H2,1H3,(H,16,18). The Morgan fingerprint density at radius 2 is 2.11 bits per heavy atom. The molecule has 0 atom stereocenters. The molecule has 0 aliphatic heterocycles. The van der Waals surface area contributed by atoms with Crippen molar-refractivity contribution in [1.82, 2.24) is 10.6 Å². The fourth-order valence-corrected chi connectivity index (χ4v) is 1.63. The first-order valence-electron chi connectivity index (χ1n) is 6.42. The molecule has 0 radical (unpaired) electrons. The molecular weight excluding hydrogens is 228 g/mol. The van der Waals surface area contributed by atoms with Crippen LogP contribution in [-0.2, 0) is 17.9 Å². The molecule has 0 fully saturated rings. The lowest BCUT2D eigenvalue weighted by molar-refractivity contribution is -0.120. The van der Waals surface area contributed by atoms with E-state index in [1.807, 2.05) is 24.3 Å². The quantitative estimate of drug-likeness (QED) is 0.607. The molecule has 4 heteroatoms. The van der Waals surface area contributed by atoms with Gasteiger partial charge in [-0.2, -0.15) is 0 Å². The van der Waals surface area contributed by atoms with E-state index in [9.17, 15) is 4.79 Å². The maximum absolute atomic E-state index is 11.4. The third kappa shape index (κ3) is 5.80. The van der Waals surface area contributed by atoms with Crippen molar-refractivity contribution in [2.45, 2.75) is 32.9 Å². The summed E-state index contributed by atoms with van der Waals surface area (Å²) in [5, 5.41) is 14.9. The largest absolute Gasteiger partial charge is 0.392 e. The second kappa shape index (κ2) is 8.66. The van der Waals surface area contributed by atoms with E-state index in [1.54, 1.807) is 0 Å². The Bertz CT molecular complexity index is 367. The van der Waals surface area contributed by atoms with Crippen LogP contribution in [0.25, 0.3) is 0 Å². The Kier molecular flexibility index (Phi) is 7.06. The number of carbonyl (C=O) groups is 1. The summed E-state index contributed by atoms with van der Waals surface area (Å²) >= 11 is 0. The summed E-state index contributed by atoms with van der Waals surface area (Å²) in [6, 6.07) is 7.69. The molecule has 0 aliphatic carbocycles. The third-order valence-electron chi connectivity index (χ3n) is 2.64. The zero-order valence-corrected chi connectivity index (χ0v) is 10.9. The van der Waals surface area contributed by atoms with E-state index in [4.69, 9.17) is 5.11 Å². The van der Waals surface area contributed by atoms with E-state index >= 15 is 0 Å². The van der Waals surface area contributed by atoms with Crippen molar-refractivity contribution in [3.63, 3.8) is 0 Å². The normalized spacial score (nSPS) is 10.3. The van der Waals surface area contributed by atoms with Crippen molar-refractivity contribution in [3.05, 3.63) is 35.4 Å². The minimum Gasteiger partial charge on any atom is -0.392 e. The summed E-state index contributed by atoms with van der Waals surface area (Å²) in [7, 11) is 0. The van der Waals surface area contributed by atoms with E-state index in [0.29, 0.717) is 13.1 Å². The highest BCUT2D eigenvalue weighted by molar-refractivity contribution is 5.77. The first kappa shape index (κ1) is 14.7. The minimum absolute atomic E-state index is 0.0294. The van der Waals surface area contributed by atoms with Gasteiger partial charge < -0.3 is 15.7 Å². The van der Waals surface area contributed by atoms with Gasteiger partial charge in [0.15, 0.2) is 0 Å². The number of aliphatic hydroxyl groups is 1. The molecule has 0 aliphatic rings. The van der Waals surface area contributed by atoms with Crippen LogP contribution < -0.4 is 10.6 Å². The van der Waals surface area contributed by atoms with Gasteiger partial charge in [0.1, 0.15) is 0 Å². The number of benzene rings is 1. The summed E-state index contributed by atoms with van der Waals surface area (Å²) in [4.78, 5) is 11.4. The van der Waals surface area contributed by atoms with E-state index in [2.05, 4.69) is 17.6 Å². The second-order valence-electron chi connectivity index (χ2n) is 4.29. The molecule has 0 saturated carbocycles. The van der Waals surface area contributed by atoms with Crippen LogP contribution in [0.1, 0.15) is 30.9 Å². The van der Waals surface area contributed by atoms with Gasteiger partial charge in [0.05, 0.1) is 13.2 Å². The zero-order valence-electron chi connectivity index (χ0n) is 10.9. The lowest BCUT2D eigenvalue weighted by Crippen LogP contribution is -2.34. The smallest absolute Gasteiger partial charge is 0.233 e. The highest BCUT2D eigenvalue weighted by Crippen LogP contribution is 2.04. The Morgan fingerprint density at radius 1 is 1.33 bits per heavy atom. The molecule has 0 aromatic heterocycles. The van der Waals surface area contributed by atoms with E-state index in [0.717, 1.165) is 30.5 Å². The molecule has 0 unspecified atom stereocenters. The summed E-state index contributed by atoms with van der Waals surface area (Å²) in [6.45, 7) is 3.85. The van der Waals surface area contributed by atoms with E-state index < -0.39 is 0 Å². The van der Waals surface area contributed by atoms with Crippen LogP contribution in [-0.4, -0.2) is 24.1 Å². The van der Waals surface area contributed by atoms with Crippen LogP contribution in [0.15, 0.2) is 24.3 Å². The molecular formula is C14H22N2O2. The maximum Gasteiger partial charge on any atom is 0.233 e. The number of carbonyl (C=O) groups excluding carboxylic acids is 1. The van der Waals surface area contributed by atoms with Gasteiger partial charge in [-0.1, -0.05) is 37.6 Å². The van der Waals surface area contributed by atoms with Crippen LogP contribution in [0, 0.1) is 0 Å². The molecule has 0 heterocycles. The Hall–Kier alpha value is -1.39. The van der Waals surface area contributed by atoms with Gasteiger partial charge >= 0.3 is 0 Å². The molecule has 1 aromatic rings. The number of nitrogens with one attached hydrogen (secondary N) is 2. The third-order valence-corrected chi connectivity index (χ3v) is 2.64.